The molecule has 5 nitrogen and oxygen atoms in total. The number of allylic oxidation sites excluding steroid dienone is 10. The predicted octanol–water partition coefficient (Wildman–Crippen LogP) is 17.9. The van der Waals surface area contributed by atoms with Gasteiger partial charge in [-0.2, -0.15) is 0 Å². The van der Waals surface area contributed by atoms with Gasteiger partial charge in [0.1, 0.15) is 6.61 Å². The molecule has 1 unspecified atom stereocenters. The largest absolute Gasteiger partial charge is 0.462 e. The lowest BCUT2D eigenvalue weighted by atomic mass is 10.0. The first-order valence-corrected chi connectivity index (χ1v) is 26.8. The highest BCUT2D eigenvalue weighted by Gasteiger charge is 2.16. The zero-order valence-corrected chi connectivity index (χ0v) is 41.1. The summed E-state index contributed by atoms with van der Waals surface area (Å²) in [5.74, 6) is -0.618. The molecule has 0 aromatic heterocycles. The third-order valence-electron chi connectivity index (χ3n) is 11.8. The van der Waals surface area contributed by atoms with Gasteiger partial charge >= 0.3 is 11.9 Å². The fourth-order valence-electron chi connectivity index (χ4n) is 7.78. The molecule has 0 amide bonds. The van der Waals surface area contributed by atoms with E-state index in [2.05, 4.69) is 74.6 Å². The van der Waals surface area contributed by atoms with Crippen LogP contribution in [0.2, 0.25) is 0 Å². The molecule has 5 heteroatoms. The summed E-state index contributed by atoms with van der Waals surface area (Å²) in [6.07, 6.45) is 70.7. The van der Waals surface area contributed by atoms with Gasteiger partial charge in [0, 0.05) is 12.8 Å². The van der Waals surface area contributed by atoms with Crippen molar-refractivity contribution in [3.63, 3.8) is 0 Å². The molecule has 0 saturated heterocycles. The highest BCUT2D eigenvalue weighted by atomic mass is 16.6. The molecule has 0 aliphatic carbocycles. The number of hydrogen-bond acceptors (Lipinski definition) is 5. The summed E-state index contributed by atoms with van der Waals surface area (Å²) in [5.41, 5.74) is 0. The Morgan fingerprint density at radius 3 is 1.06 bits per heavy atom. The van der Waals surface area contributed by atoms with Crippen LogP contribution in [0.15, 0.2) is 60.8 Å². The Balaban J connectivity index is 3.40. The van der Waals surface area contributed by atoms with Gasteiger partial charge in [-0.15, -0.1) is 0 Å². The Morgan fingerprint density at radius 1 is 0.387 bits per heavy atom. The minimum absolute atomic E-state index is 0.0766. The zero-order valence-electron chi connectivity index (χ0n) is 41.1. The van der Waals surface area contributed by atoms with Crippen molar-refractivity contribution in [3.8, 4) is 0 Å². The molecular weight excluding hydrogens is 765 g/mol. The molecule has 0 aromatic rings. The molecule has 1 atom stereocenters. The van der Waals surface area contributed by atoms with E-state index in [9.17, 15) is 14.7 Å². The second-order valence-corrected chi connectivity index (χ2v) is 17.9. The predicted molar refractivity (Wildman–Crippen MR) is 270 cm³/mol. The van der Waals surface area contributed by atoms with Crippen LogP contribution in [0.3, 0.4) is 0 Å². The standard InChI is InChI=1S/C57H102O5/c1-3-5-7-9-11-13-15-17-18-19-20-21-22-23-24-25-26-27-28-29-30-31-32-33-34-35-36-37-38-40-41-43-45-47-49-51-56(59)61-54-55(53-58)62-57(60)52-50-48-46-44-42-39-16-14-12-10-8-6-4-2/h6,8,12,14-15,17,19-20,39,42,55,58H,3-5,7,9-11,13,16,18,21-38,40-41,43-54H2,1-2H3/b8-6-,14-12-,17-15-,20-19-,42-39-. The summed E-state index contributed by atoms with van der Waals surface area (Å²) in [6, 6.07) is 0. The van der Waals surface area contributed by atoms with Crippen molar-refractivity contribution in [3.05, 3.63) is 60.8 Å². The number of aliphatic hydroxyl groups excluding tert-OH is 1. The highest BCUT2D eigenvalue weighted by Crippen LogP contribution is 2.16. The second kappa shape index (κ2) is 52.9. The van der Waals surface area contributed by atoms with E-state index < -0.39 is 6.10 Å². The van der Waals surface area contributed by atoms with Gasteiger partial charge in [0.2, 0.25) is 0 Å². The number of aliphatic hydroxyl groups is 1. The Bertz CT molecular complexity index is 1070. The first-order chi connectivity index (χ1) is 30.6. The van der Waals surface area contributed by atoms with Gasteiger partial charge in [-0.05, 0) is 77.0 Å². The van der Waals surface area contributed by atoms with Crippen molar-refractivity contribution in [2.75, 3.05) is 13.2 Å². The molecule has 1 N–H and O–H groups in total. The maximum Gasteiger partial charge on any atom is 0.306 e. The minimum Gasteiger partial charge on any atom is -0.462 e. The van der Waals surface area contributed by atoms with Crippen LogP contribution in [0.5, 0.6) is 0 Å². The van der Waals surface area contributed by atoms with Crippen LogP contribution in [-0.4, -0.2) is 36.4 Å². The Kier molecular flexibility index (Phi) is 50.9. The van der Waals surface area contributed by atoms with E-state index in [1.165, 1.54) is 173 Å². The van der Waals surface area contributed by atoms with Gasteiger partial charge in [-0.1, -0.05) is 242 Å². The maximum atomic E-state index is 12.2. The average molecular weight is 867 g/mol. The van der Waals surface area contributed by atoms with Crippen LogP contribution in [0, 0.1) is 0 Å². The first-order valence-electron chi connectivity index (χ1n) is 26.8. The summed E-state index contributed by atoms with van der Waals surface area (Å²) in [6.45, 7) is 4.00. The van der Waals surface area contributed by atoms with E-state index in [1.54, 1.807) is 0 Å². The summed E-state index contributed by atoms with van der Waals surface area (Å²) in [4.78, 5) is 24.4. The molecule has 62 heavy (non-hydrogen) atoms. The van der Waals surface area contributed by atoms with Crippen molar-refractivity contribution >= 4 is 11.9 Å². The number of carbonyl (C=O) groups excluding carboxylic acids is 2. The average Bonchev–Trinajstić information content (AvgIpc) is 3.28. The maximum absolute atomic E-state index is 12.2. The van der Waals surface area contributed by atoms with E-state index in [4.69, 9.17) is 9.47 Å². The number of unbranched alkanes of at least 4 members (excludes halogenated alkanes) is 31. The second-order valence-electron chi connectivity index (χ2n) is 17.9. The lowest BCUT2D eigenvalue weighted by molar-refractivity contribution is -0.161. The number of esters is 2. The topological polar surface area (TPSA) is 72.8 Å². The molecule has 0 spiro atoms. The number of carbonyl (C=O) groups is 2. The minimum atomic E-state index is -0.786. The highest BCUT2D eigenvalue weighted by molar-refractivity contribution is 5.70. The molecule has 0 aromatic carbocycles. The Morgan fingerprint density at radius 2 is 0.694 bits per heavy atom. The summed E-state index contributed by atoms with van der Waals surface area (Å²) >= 11 is 0. The lowest BCUT2D eigenvalue weighted by Crippen LogP contribution is -2.28. The molecule has 0 fully saturated rings. The fourth-order valence-corrected chi connectivity index (χ4v) is 7.78. The summed E-state index contributed by atoms with van der Waals surface area (Å²) < 4.78 is 10.6. The van der Waals surface area contributed by atoms with Crippen LogP contribution < -0.4 is 0 Å². The van der Waals surface area contributed by atoms with Gasteiger partial charge in [0.05, 0.1) is 6.61 Å². The molecule has 0 rings (SSSR count). The summed E-state index contributed by atoms with van der Waals surface area (Å²) in [7, 11) is 0. The van der Waals surface area contributed by atoms with Gasteiger partial charge in [-0.3, -0.25) is 9.59 Å². The van der Waals surface area contributed by atoms with E-state index in [-0.39, 0.29) is 25.2 Å². The van der Waals surface area contributed by atoms with E-state index in [1.807, 2.05) is 0 Å². The quantitative estimate of drug-likeness (QED) is 0.0375. The SMILES string of the molecule is CC/C=C\C/C=C\C/C=C\CCCCCC(=O)OC(CO)COC(=O)CCCCCCCCCCCCCCCCCCCCCCCCC/C=C\C/C=C\CCCCCCC. The van der Waals surface area contributed by atoms with E-state index in [0.717, 1.165) is 70.6 Å². The molecule has 0 saturated carbocycles. The molecule has 0 bridgehead atoms. The molecule has 0 aliphatic heterocycles. The molecule has 0 aliphatic rings. The van der Waals surface area contributed by atoms with Crippen LogP contribution in [-0.2, 0) is 19.1 Å². The number of rotatable bonds is 49. The van der Waals surface area contributed by atoms with E-state index >= 15 is 0 Å². The molecule has 0 heterocycles. The fraction of sp³-hybridized carbons (Fsp3) is 0.789. The van der Waals surface area contributed by atoms with Crippen LogP contribution in [0.1, 0.15) is 271 Å². The van der Waals surface area contributed by atoms with E-state index in [0.29, 0.717) is 12.8 Å². The molecule has 0 radical (unpaired) electrons. The van der Waals surface area contributed by atoms with Crippen LogP contribution in [0.25, 0.3) is 0 Å². The third-order valence-corrected chi connectivity index (χ3v) is 11.8. The normalized spacial score (nSPS) is 12.6. The number of hydrogen-bond donors (Lipinski definition) is 1. The van der Waals surface area contributed by atoms with Gasteiger partial charge in [-0.25, -0.2) is 0 Å². The monoisotopic (exact) mass is 867 g/mol. The number of ether oxygens (including phenoxy) is 2. The zero-order chi connectivity index (χ0) is 44.9. The Hall–Kier alpha value is -2.40. The van der Waals surface area contributed by atoms with Crippen LogP contribution >= 0.6 is 0 Å². The van der Waals surface area contributed by atoms with Crippen molar-refractivity contribution in [2.24, 2.45) is 0 Å². The van der Waals surface area contributed by atoms with Crippen molar-refractivity contribution in [2.45, 2.75) is 277 Å². The lowest BCUT2D eigenvalue weighted by Gasteiger charge is -2.15. The molecule has 360 valence electrons. The first kappa shape index (κ1) is 59.6. The van der Waals surface area contributed by atoms with Crippen molar-refractivity contribution in [1.82, 2.24) is 0 Å². The van der Waals surface area contributed by atoms with Gasteiger partial charge < -0.3 is 14.6 Å². The Labute approximate surface area is 385 Å². The molecular formula is C57H102O5. The smallest absolute Gasteiger partial charge is 0.306 e. The van der Waals surface area contributed by atoms with Gasteiger partial charge in [0.15, 0.2) is 6.10 Å². The van der Waals surface area contributed by atoms with Gasteiger partial charge in [0.25, 0.3) is 0 Å². The summed E-state index contributed by atoms with van der Waals surface area (Å²) in [5, 5.41) is 9.59. The van der Waals surface area contributed by atoms with Crippen molar-refractivity contribution in [1.29, 1.82) is 0 Å². The van der Waals surface area contributed by atoms with Crippen LogP contribution in [0.4, 0.5) is 0 Å². The third kappa shape index (κ3) is 50.2. The van der Waals surface area contributed by atoms with Crippen molar-refractivity contribution < 1.29 is 24.2 Å².